The lowest BCUT2D eigenvalue weighted by Crippen LogP contribution is -2.10. The van der Waals surface area contributed by atoms with Crippen LogP contribution in [0.15, 0.2) is 40.9 Å². The van der Waals surface area contributed by atoms with Crippen LogP contribution in [0.1, 0.15) is 5.56 Å². The fraction of sp³-hybridized carbons (Fsp3) is 0. The van der Waals surface area contributed by atoms with Crippen LogP contribution in [0.4, 0.5) is 22.7 Å². The Morgan fingerprint density at radius 1 is 1.24 bits per heavy atom. The van der Waals surface area contributed by atoms with E-state index in [2.05, 4.69) is 26.7 Å². The second kappa shape index (κ2) is 6.21. The van der Waals surface area contributed by atoms with E-state index in [0.29, 0.717) is 21.4 Å². The molecule has 8 heteroatoms. The molecular formula is C13H10BrN5O2. The number of nitro groups is 1. The van der Waals surface area contributed by atoms with Crippen molar-refractivity contribution < 1.29 is 4.92 Å². The fourth-order valence-corrected chi connectivity index (χ4v) is 2.27. The van der Waals surface area contributed by atoms with Crippen LogP contribution in [-0.4, -0.2) is 4.92 Å². The number of hydrazine groups is 1. The van der Waals surface area contributed by atoms with E-state index >= 15 is 0 Å². The summed E-state index contributed by atoms with van der Waals surface area (Å²) in [4.78, 5) is 10.7. The van der Waals surface area contributed by atoms with Crippen molar-refractivity contribution in [1.29, 1.82) is 5.26 Å². The normalized spacial score (nSPS) is 9.76. The summed E-state index contributed by atoms with van der Waals surface area (Å²) in [5, 5.41) is 23.0. The van der Waals surface area contributed by atoms with Gasteiger partial charge in [0.25, 0.3) is 0 Å². The van der Waals surface area contributed by atoms with Gasteiger partial charge in [-0.15, -0.1) is 0 Å². The minimum atomic E-state index is -0.519. The first-order chi connectivity index (χ1) is 10.1. The molecule has 0 spiro atoms. The average molecular weight is 348 g/mol. The van der Waals surface area contributed by atoms with Crippen molar-refractivity contribution in [1.82, 2.24) is 0 Å². The number of nitro benzene ring substituents is 1. The number of nitrogen functional groups attached to an aromatic ring is 1. The van der Waals surface area contributed by atoms with Crippen LogP contribution in [0.5, 0.6) is 0 Å². The van der Waals surface area contributed by atoms with Crippen LogP contribution < -0.4 is 16.6 Å². The van der Waals surface area contributed by atoms with Gasteiger partial charge in [0.05, 0.1) is 22.2 Å². The predicted octanol–water partition coefficient (Wildman–Crippen LogP) is 3.26. The van der Waals surface area contributed by atoms with Gasteiger partial charge in [-0.3, -0.25) is 16.0 Å². The van der Waals surface area contributed by atoms with E-state index in [1.54, 1.807) is 30.3 Å². The number of hydrogen-bond donors (Lipinski definition) is 3. The van der Waals surface area contributed by atoms with Crippen molar-refractivity contribution in [2.45, 2.75) is 0 Å². The third-order valence-corrected chi connectivity index (χ3v) is 3.40. The molecule has 4 N–H and O–H groups in total. The van der Waals surface area contributed by atoms with E-state index < -0.39 is 4.92 Å². The molecule has 0 bridgehead atoms. The number of nitriles is 1. The lowest BCUT2D eigenvalue weighted by molar-refractivity contribution is -0.383. The Balaban J connectivity index is 2.45. The van der Waals surface area contributed by atoms with Crippen LogP contribution in [-0.2, 0) is 0 Å². The third kappa shape index (κ3) is 3.10. The summed E-state index contributed by atoms with van der Waals surface area (Å²) in [6.07, 6.45) is 0. The zero-order chi connectivity index (χ0) is 15.4. The molecular weight excluding hydrogens is 338 g/mol. The van der Waals surface area contributed by atoms with Crippen molar-refractivity contribution in [2.24, 2.45) is 5.84 Å². The molecule has 21 heavy (non-hydrogen) atoms. The highest BCUT2D eigenvalue weighted by molar-refractivity contribution is 9.10. The second-order valence-electron chi connectivity index (χ2n) is 4.03. The molecule has 0 unspecified atom stereocenters. The summed E-state index contributed by atoms with van der Waals surface area (Å²) in [5.41, 5.74) is 3.73. The highest BCUT2D eigenvalue weighted by atomic mass is 79.9. The number of benzene rings is 2. The first-order valence-corrected chi connectivity index (χ1v) is 6.57. The SMILES string of the molecule is N#Cc1ccc(Nc2cccc(NN)c2[N+](=O)[O-])c(Br)c1. The van der Waals surface area contributed by atoms with Gasteiger partial charge in [-0.05, 0) is 46.3 Å². The standard InChI is InChI=1S/C13H10BrN5O2/c14-9-6-8(7-15)4-5-10(9)17-11-2-1-3-12(18-16)13(11)19(20)21/h1-6,17-18H,16H2. The number of nitrogens with zero attached hydrogens (tertiary/aromatic N) is 2. The Bertz CT molecular complexity index is 742. The molecule has 2 aromatic carbocycles. The molecule has 0 amide bonds. The van der Waals surface area contributed by atoms with Gasteiger partial charge in [0.15, 0.2) is 0 Å². The van der Waals surface area contributed by atoms with E-state index in [-0.39, 0.29) is 11.4 Å². The van der Waals surface area contributed by atoms with Crippen LogP contribution >= 0.6 is 15.9 Å². The van der Waals surface area contributed by atoms with E-state index in [1.165, 1.54) is 6.07 Å². The highest BCUT2D eigenvalue weighted by Gasteiger charge is 2.19. The maximum absolute atomic E-state index is 11.2. The van der Waals surface area contributed by atoms with E-state index in [1.807, 2.05) is 6.07 Å². The van der Waals surface area contributed by atoms with Gasteiger partial charge in [0.1, 0.15) is 11.4 Å². The molecule has 0 aliphatic rings. The molecule has 0 saturated carbocycles. The van der Waals surface area contributed by atoms with Gasteiger partial charge in [-0.1, -0.05) is 6.07 Å². The Kier molecular flexibility index (Phi) is 4.37. The maximum atomic E-state index is 11.2. The van der Waals surface area contributed by atoms with Gasteiger partial charge in [-0.2, -0.15) is 5.26 Å². The fourth-order valence-electron chi connectivity index (χ4n) is 1.79. The van der Waals surface area contributed by atoms with Crippen LogP contribution in [0, 0.1) is 21.4 Å². The Hall–Kier alpha value is -2.63. The largest absolute Gasteiger partial charge is 0.349 e. The van der Waals surface area contributed by atoms with Gasteiger partial charge < -0.3 is 10.7 Å². The van der Waals surface area contributed by atoms with Gasteiger partial charge >= 0.3 is 5.69 Å². The average Bonchev–Trinajstić information content (AvgIpc) is 2.48. The summed E-state index contributed by atoms with van der Waals surface area (Å²) in [6.45, 7) is 0. The lowest BCUT2D eigenvalue weighted by Gasteiger charge is -2.11. The smallest absolute Gasteiger partial charge is 0.316 e. The van der Waals surface area contributed by atoms with Crippen molar-refractivity contribution in [3.8, 4) is 6.07 Å². The number of nitrogens with two attached hydrogens (primary N) is 1. The minimum Gasteiger partial charge on any atom is -0.349 e. The van der Waals surface area contributed by atoms with Crippen LogP contribution in [0.2, 0.25) is 0 Å². The summed E-state index contributed by atoms with van der Waals surface area (Å²) < 4.78 is 0.627. The van der Waals surface area contributed by atoms with Crippen molar-refractivity contribution in [3.63, 3.8) is 0 Å². The van der Waals surface area contributed by atoms with E-state index in [0.717, 1.165) is 0 Å². The molecule has 0 aliphatic carbocycles. The molecule has 2 aromatic rings. The number of anilines is 3. The van der Waals surface area contributed by atoms with Gasteiger partial charge in [-0.25, -0.2) is 0 Å². The zero-order valence-electron chi connectivity index (χ0n) is 10.6. The van der Waals surface area contributed by atoms with Crippen LogP contribution in [0.25, 0.3) is 0 Å². The van der Waals surface area contributed by atoms with Crippen molar-refractivity contribution in [3.05, 3.63) is 56.5 Å². The first-order valence-electron chi connectivity index (χ1n) is 5.77. The topological polar surface area (TPSA) is 117 Å². The second-order valence-corrected chi connectivity index (χ2v) is 4.89. The predicted molar refractivity (Wildman–Crippen MR) is 83.0 cm³/mol. The summed E-state index contributed by atoms with van der Waals surface area (Å²) >= 11 is 3.32. The molecule has 0 atom stereocenters. The summed E-state index contributed by atoms with van der Waals surface area (Å²) in [6, 6.07) is 11.6. The molecule has 0 saturated heterocycles. The number of rotatable bonds is 4. The quantitative estimate of drug-likeness (QED) is 0.444. The minimum absolute atomic E-state index is 0.156. The number of nitrogens with one attached hydrogen (secondary N) is 2. The molecule has 0 fully saturated rings. The molecule has 0 aromatic heterocycles. The molecule has 7 nitrogen and oxygen atoms in total. The van der Waals surface area contributed by atoms with Crippen LogP contribution in [0.3, 0.4) is 0 Å². The van der Waals surface area contributed by atoms with Crippen molar-refractivity contribution >= 4 is 38.7 Å². The number of para-hydroxylation sites is 1. The first kappa shape index (κ1) is 14.8. The summed E-state index contributed by atoms with van der Waals surface area (Å²) in [7, 11) is 0. The van der Waals surface area contributed by atoms with E-state index in [4.69, 9.17) is 11.1 Å². The summed E-state index contributed by atoms with van der Waals surface area (Å²) in [5.74, 6) is 5.29. The van der Waals surface area contributed by atoms with Crippen molar-refractivity contribution in [2.75, 3.05) is 10.7 Å². The Morgan fingerprint density at radius 2 is 1.95 bits per heavy atom. The van der Waals surface area contributed by atoms with Gasteiger partial charge in [0, 0.05) is 4.47 Å². The molecule has 106 valence electrons. The number of halogens is 1. The maximum Gasteiger partial charge on any atom is 0.316 e. The lowest BCUT2D eigenvalue weighted by atomic mass is 10.2. The zero-order valence-corrected chi connectivity index (χ0v) is 12.2. The number of hydrogen-bond acceptors (Lipinski definition) is 6. The van der Waals surface area contributed by atoms with Gasteiger partial charge in [0.2, 0.25) is 0 Å². The molecule has 0 radical (unpaired) electrons. The Morgan fingerprint density at radius 3 is 2.52 bits per heavy atom. The molecule has 0 heterocycles. The monoisotopic (exact) mass is 347 g/mol. The van der Waals surface area contributed by atoms with E-state index in [9.17, 15) is 10.1 Å². The Labute approximate surface area is 128 Å². The molecule has 0 aliphatic heterocycles. The molecule has 2 rings (SSSR count). The third-order valence-electron chi connectivity index (χ3n) is 2.74. The highest BCUT2D eigenvalue weighted by Crippen LogP contribution is 2.36.